The van der Waals surface area contributed by atoms with Gasteiger partial charge in [0, 0.05) is 27.7 Å². The number of carbonyl (C=O) groups excluding carboxylic acids is 2. The largest absolute Gasteiger partial charge is 0.396 e. The molecule has 1 aromatic carbocycles. The second-order valence-electron chi connectivity index (χ2n) is 8.75. The molecule has 1 fully saturated rings. The zero-order valence-electron chi connectivity index (χ0n) is 18.2. The SMILES string of the molecule is C[Si](C)(C)CCOCO[C@@H]1CN(C(=O)CCCO)NC(=O)N[C@@H]1Cc1ccccc1. The van der Waals surface area contributed by atoms with Crippen molar-refractivity contribution in [2.45, 2.75) is 57.1 Å². The lowest BCUT2D eigenvalue weighted by Crippen LogP contribution is -2.48. The Labute approximate surface area is 179 Å². The van der Waals surface area contributed by atoms with Gasteiger partial charge >= 0.3 is 6.03 Å². The van der Waals surface area contributed by atoms with Gasteiger partial charge in [-0.1, -0.05) is 50.0 Å². The van der Waals surface area contributed by atoms with Crippen molar-refractivity contribution in [1.82, 2.24) is 15.8 Å². The second-order valence-corrected chi connectivity index (χ2v) is 14.4. The summed E-state index contributed by atoms with van der Waals surface area (Å²) in [7, 11) is -1.19. The molecule has 1 aliphatic heterocycles. The van der Waals surface area contributed by atoms with E-state index in [2.05, 4.69) is 30.4 Å². The van der Waals surface area contributed by atoms with Crippen molar-refractivity contribution in [3.8, 4) is 0 Å². The van der Waals surface area contributed by atoms with Gasteiger partial charge in [0.2, 0.25) is 5.91 Å². The highest BCUT2D eigenvalue weighted by Crippen LogP contribution is 2.14. The average molecular weight is 438 g/mol. The van der Waals surface area contributed by atoms with Crippen LogP contribution in [0.4, 0.5) is 4.79 Å². The number of hydrogen-bond donors (Lipinski definition) is 3. The van der Waals surface area contributed by atoms with Gasteiger partial charge in [-0.25, -0.2) is 15.2 Å². The smallest absolute Gasteiger partial charge is 0.333 e. The number of benzene rings is 1. The minimum absolute atomic E-state index is 0.0761. The van der Waals surface area contributed by atoms with Crippen LogP contribution in [-0.2, 0) is 20.7 Å². The molecule has 30 heavy (non-hydrogen) atoms. The number of aliphatic hydroxyl groups is 1. The first-order valence-electron chi connectivity index (χ1n) is 10.5. The maximum atomic E-state index is 12.4. The highest BCUT2D eigenvalue weighted by Gasteiger charge is 2.33. The highest BCUT2D eigenvalue weighted by molar-refractivity contribution is 6.76. The zero-order chi connectivity index (χ0) is 22.0. The monoisotopic (exact) mass is 437 g/mol. The Morgan fingerprint density at radius 2 is 2.00 bits per heavy atom. The number of nitrogens with one attached hydrogen (secondary N) is 2. The standard InChI is InChI=1S/C21H35N3O5Si/c1-30(2,3)13-12-28-16-29-19-15-24(20(26)10-7-11-25)23-21(27)22-18(19)14-17-8-5-4-6-9-17/h4-6,8-9,18-19,25H,7,10-16H2,1-3H3,(H2,22,23,27)/t18-,19-/m1/s1. The van der Waals surface area contributed by atoms with Crippen LogP contribution in [0, 0.1) is 0 Å². The van der Waals surface area contributed by atoms with E-state index in [-0.39, 0.29) is 38.3 Å². The minimum atomic E-state index is -1.19. The van der Waals surface area contributed by atoms with Gasteiger partial charge in [0.05, 0.1) is 12.6 Å². The number of nitrogens with zero attached hydrogens (tertiary/aromatic N) is 1. The molecule has 9 heteroatoms. The van der Waals surface area contributed by atoms with Gasteiger partial charge in [-0.3, -0.25) is 4.79 Å². The van der Waals surface area contributed by atoms with E-state index in [0.29, 0.717) is 19.4 Å². The summed E-state index contributed by atoms with van der Waals surface area (Å²) in [6, 6.07) is 10.1. The van der Waals surface area contributed by atoms with Crippen LogP contribution in [0.1, 0.15) is 18.4 Å². The summed E-state index contributed by atoms with van der Waals surface area (Å²) >= 11 is 0. The Bertz CT molecular complexity index is 668. The molecule has 0 saturated carbocycles. The summed E-state index contributed by atoms with van der Waals surface area (Å²) in [5, 5.41) is 13.2. The molecule has 1 heterocycles. The zero-order valence-corrected chi connectivity index (χ0v) is 19.2. The van der Waals surface area contributed by atoms with Gasteiger partial charge in [-0.05, 0) is 24.4 Å². The molecule has 0 bridgehead atoms. The number of rotatable bonds is 11. The molecule has 1 aliphatic rings. The molecule has 1 aromatic rings. The van der Waals surface area contributed by atoms with E-state index in [1.807, 2.05) is 30.3 Å². The van der Waals surface area contributed by atoms with Gasteiger partial charge in [0.15, 0.2) is 0 Å². The Morgan fingerprint density at radius 3 is 2.67 bits per heavy atom. The molecular weight excluding hydrogens is 402 g/mol. The summed E-state index contributed by atoms with van der Waals surface area (Å²) in [4.78, 5) is 24.8. The lowest BCUT2D eigenvalue weighted by atomic mass is 10.0. The van der Waals surface area contributed by atoms with Crippen LogP contribution in [0.5, 0.6) is 0 Å². The van der Waals surface area contributed by atoms with Gasteiger partial charge in [0.25, 0.3) is 0 Å². The highest BCUT2D eigenvalue weighted by atomic mass is 28.3. The number of urea groups is 1. The van der Waals surface area contributed by atoms with E-state index in [1.165, 1.54) is 5.01 Å². The molecule has 3 N–H and O–H groups in total. The van der Waals surface area contributed by atoms with Crippen LogP contribution in [0.25, 0.3) is 0 Å². The summed E-state index contributed by atoms with van der Waals surface area (Å²) < 4.78 is 11.7. The molecule has 0 spiro atoms. The number of carbonyl (C=O) groups is 2. The molecule has 0 radical (unpaired) electrons. The van der Waals surface area contributed by atoms with E-state index in [0.717, 1.165) is 11.6 Å². The predicted molar refractivity (Wildman–Crippen MR) is 117 cm³/mol. The van der Waals surface area contributed by atoms with Crippen molar-refractivity contribution in [2.24, 2.45) is 0 Å². The lowest BCUT2D eigenvalue weighted by Gasteiger charge is -2.27. The number of hydrazine groups is 1. The fraction of sp³-hybridized carbons (Fsp3) is 0.619. The van der Waals surface area contributed by atoms with Crippen molar-refractivity contribution in [3.05, 3.63) is 35.9 Å². The fourth-order valence-corrected chi connectivity index (χ4v) is 3.85. The molecule has 8 nitrogen and oxygen atoms in total. The van der Waals surface area contributed by atoms with Gasteiger partial charge in [-0.2, -0.15) is 0 Å². The van der Waals surface area contributed by atoms with Crippen molar-refractivity contribution < 1.29 is 24.2 Å². The Kier molecular flexibility index (Phi) is 9.77. The molecule has 2 atom stereocenters. The Balaban J connectivity index is 2.04. The van der Waals surface area contributed by atoms with Gasteiger partial charge in [0.1, 0.15) is 12.9 Å². The predicted octanol–water partition coefficient (Wildman–Crippen LogP) is 2.12. The van der Waals surface area contributed by atoms with Crippen molar-refractivity contribution in [3.63, 3.8) is 0 Å². The molecule has 168 valence electrons. The molecule has 0 aliphatic carbocycles. The summed E-state index contributed by atoms with van der Waals surface area (Å²) in [6.07, 6.45) is 0.637. The third-order valence-corrected chi connectivity index (χ3v) is 6.58. The van der Waals surface area contributed by atoms with Crippen LogP contribution in [0.15, 0.2) is 30.3 Å². The summed E-state index contributed by atoms with van der Waals surface area (Å²) in [5.41, 5.74) is 3.66. The molecule has 2 rings (SSSR count). The molecule has 3 amide bonds. The van der Waals surface area contributed by atoms with E-state index in [1.54, 1.807) is 0 Å². The molecule has 0 unspecified atom stereocenters. The minimum Gasteiger partial charge on any atom is -0.396 e. The van der Waals surface area contributed by atoms with Crippen LogP contribution >= 0.6 is 0 Å². The van der Waals surface area contributed by atoms with Gasteiger partial charge in [-0.15, -0.1) is 0 Å². The quantitative estimate of drug-likeness (QED) is 0.280. The molecular formula is C21H35N3O5Si. The number of ether oxygens (including phenoxy) is 2. The Hall–Kier alpha value is -1.94. The number of hydrogen-bond acceptors (Lipinski definition) is 5. The van der Waals surface area contributed by atoms with Crippen molar-refractivity contribution in [2.75, 3.05) is 26.6 Å². The lowest BCUT2D eigenvalue weighted by molar-refractivity contribution is -0.139. The number of aliphatic hydroxyl groups excluding tert-OH is 1. The summed E-state index contributed by atoms with van der Waals surface area (Å²) in [5.74, 6) is -0.257. The maximum Gasteiger partial charge on any atom is 0.333 e. The first kappa shape index (κ1) is 24.3. The first-order valence-corrected chi connectivity index (χ1v) is 14.2. The van der Waals surface area contributed by atoms with Crippen molar-refractivity contribution in [1.29, 1.82) is 0 Å². The van der Waals surface area contributed by atoms with Crippen LogP contribution < -0.4 is 10.7 Å². The second kappa shape index (κ2) is 12.0. The van der Waals surface area contributed by atoms with E-state index < -0.39 is 20.2 Å². The maximum absolute atomic E-state index is 12.4. The topological polar surface area (TPSA) is 100 Å². The average Bonchev–Trinajstić information content (AvgIpc) is 2.84. The van der Waals surface area contributed by atoms with Gasteiger partial charge < -0.3 is 19.9 Å². The fourth-order valence-electron chi connectivity index (χ4n) is 3.09. The van der Waals surface area contributed by atoms with Crippen molar-refractivity contribution >= 4 is 20.0 Å². The van der Waals surface area contributed by atoms with E-state index in [9.17, 15) is 9.59 Å². The number of amides is 3. The van der Waals surface area contributed by atoms with E-state index in [4.69, 9.17) is 14.6 Å². The first-order chi connectivity index (χ1) is 14.3. The molecule has 0 aromatic heterocycles. The summed E-state index contributed by atoms with van der Waals surface area (Å²) in [6.45, 7) is 7.73. The third-order valence-electron chi connectivity index (χ3n) is 4.87. The molecule has 1 saturated heterocycles. The van der Waals surface area contributed by atoms with Crippen LogP contribution in [0.2, 0.25) is 25.7 Å². The Morgan fingerprint density at radius 1 is 1.27 bits per heavy atom. The van der Waals surface area contributed by atoms with Crippen LogP contribution in [0.3, 0.4) is 0 Å². The van der Waals surface area contributed by atoms with Crippen LogP contribution in [-0.4, -0.2) is 68.8 Å². The third kappa shape index (κ3) is 8.82. The van der Waals surface area contributed by atoms with E-state index >= 15 is 0 Å². The normalized spacial score (nSPS) is 19.7.